The van der Waals surface area contributed by atoms with Gasteiger partial charge in [0.1, 0.15) is 11.8 Å². The second-order valence-corrected chi connectivity index (χ2v) is 5.60. The van der Waals surface area contributed by atoms with Crippen molar-refractivity contribution >= 4 is 33.1 Å². The molecule has 2 aromatic rings. The number of alkyl halides is 3. The maximum atomic E-state index is 12.4. The van der Waals surface area contributed by atoms with E-state index in [0.29, 0.717) is 0 Å². The van der Waals surface area contributed by atoms with Gasteiger partial charge in [-0.25, -0.2) is 0 Å². The Labute approximate surface area is 125 Å². The van der Waals surface area contributed by atoms with Crippen molar-refractivity contribution in [3.05, 3.63) is 30.0 Å². The van der Waals surface area contributed by atoms with Gasteiger partial charge in [0.2, 0.25) is 0 Å². The van der Waals surface area contributed by atoms with Crippen LogP contribution in [-0.4, -0.2) is 30.6 Å². The lowest BCUT2D eigenvalue weighted by Crippen LogP contribution is -2.35. The molecule has 0 aliphatic heterocycles. The standard InChI is InChI=1S/C11H6F3NO7S/c12-11(13,14)23(20,21)22-8-5-3-1-2-4-6(5)15(10(18)19)7(8)9(16)17/h1-4H,(H,16,17)(H,18,19)/p-2. The lowest BCUT2D eigenvalue weighted by Gasteiger charge is -2.14. The highest BCUT2D eigenvalue weighted by molar-refractivity contribution is 7.88. The number of aromatic nitrogens is 1. The van der Waals surface area contributed by atoms with Crippen LogP contribution in [0.15, 0.2) is 24.3 Å². The number of benzene rings is 1. The van der Waals surface area contributed by atoms with Crippen LogP contribution < -0.4 is 14.4 Å². The molecular formula is C11H4F3NO7S-2. The summed E-state index contributed by atoms with van der Waals surface area (Å²) in [6.07, 6.45) is -2.13. The van der Waals surface area contributed by atoms with Gasteiger partial charge in [-0.05, 0) is 12.1 Å². The lowest BCUT2D eigenvalue weighted by atomic mass is 10.2. The molecule has 2 rings (SSSR count). The maximum Gasteiger partial charge on any atom is 0.534 e. The van der Waals surface area contributed by atoms with Gasteiger partial charge in [0.05, 0.1) is 11.5 Å². The molecule has 0 radical (unpaired) electrons. The molecule has 1 heterocycles. The summed E-state index contributed by atoms with van der Waals surface area (Å²) in [5.74, 6) is -3.60. The molecule has 8 nitrogen and oxygen atoms in total. The first kappa shape index (κ1) is 16.6. The molecule has 1 aromatic heterocycles. The van der Waals surface area contributed by atoms with Crippen molar-refractivity contribution in [2.75, 3.05) is 0 Å². The minimum atomic E-state index is -6.23. The van der Waals surface area contributed by atoms with Gasteiger partial charge in [0, 0.05) is 5.39 Å². The molecule has 0 fully saturated rings. The zero-order chi connectivity index (χ0) is 17.6. The van der Waals surface area contributed by atoms with Crippen molar-refractivity contribution in [2.45, 2.75) is 5.51 Å². The molecule has 0 aliphatic carbocycles. The molecule has 0 unspecified atom stereocenters. The molecule has 0 spiro atoms. The molecule has 0 amide bonds. The summed E-state index contributed by atoms with van der Waals surface area (Å²) in [7, 11) is -6.23. The summed E-state index contributed by atoms with van der Waals surface area (Å²) >= 11 is 0. The number of nitrogens with zero attached hydrogens (tertiary/aromatic N) is 1. The first-order valence-corrected chi connectivity index (χ1v) is 6.95. The normalized spacial score (nSPS) is 12.3. The molecule has 0 bridgehead atoms. The second-order valence-electron chi connectivity index (χ2n) is 4.07. The fraction of sp³-hybridized carbons (Fsp3) is 0.0909. The Bertz CT molecular complexity index is 914. The van der Waals surface area contributed by atoms with E-state index in [1.807, 2.05) is 0 Å². The lowest BCUT2D eigenvalue weighted by molar-refractivity contribution is -0.260. The number of aromatic carboxylic acids is 1. The molecule has 12 heteroatoms. The van der Waals surface area contributed by atoms with E-state index in [4.69, 9.17) is 0 Å². The average Bonchev–Trinajstić information content (AvgIpc) is 2.72. The molecular weight excluding hydrogens is 347 g/mol. The van der Waals surface area contributed by atoms with Crippen molar-refractivity contribution in [3.63, 3.8) is 0 Å². The number of hydrogen-bond acceptors (Lipinski definition) is 7. The third-order valence-electron chi connectivity index (χ3n) is 2.68. The van der Waals surface area contributed by atoms with Crippen LogP contribution in [-0.2, 0) is 10.1 Å². The van der Waals surface area contributed by atoms with E-state index in [0.717, 1.165) is 12.1 Å². The first-order valence-electron chi connectivity index (χ1n) is 5.54. The molecule has 0 saturated carbocycles. The molecule has 0 atom stereocenters. The van der Waals surface area contributed by atoms with Gasteiger partial charge in [-0.3, -0.25) is 4.57 Å². The van der Waals surface area contributed by atoms with Gasteiger partial charge in [-0.15, -0.1) is 0 Å². The number of hydrogen-bond donors (Lipinski definition) is 0. The Hall–Kier alpha value is -2.76. The highest BCUT2D eigenvalue weighted by Gasteiger charge is 2.49. The highest BCUT2D eigenvalue weighted by atomic mass is 32.2. The number of halogens is 3. The Morgan fingerprint density at radius 3 is 2.17 bits per heavy atom. The summed E-state index contributed by atoms with van der Waals surface area (Å²) in [5.41, 5.74) is -7.72. The molecule has 124 valence electrons. The number of carboxylic acids is 1. The Kier molecular flexibility index (Phi) is 3.72. The van der Waals surface area contributed by atoms with Gasteiger partial charge in [-0.1, -0.05) is 12.1 Å². The van der Waals surface area contributed by atoms with Gasteiger partial charge >= 0.3 is 15.6 Å². The van der Waals surface area contributed by atoms with Crippen LogP contribution in [0.5, 0.6) is 5.75 Å². The van der Waals surface area contributed by atoms with E-state index >= 15 is 0 Å². The highest BCUT2D eigenvalue weighted by Crippen LogP contribution is 2.36. The van der Waals surface area contributed by atoms with Crippen LogP contribution in [0.25, 0.3) is 10.9 Å². The van der Waals surface area contributed by atoms with Crippen LogP contribution in [0.2, 0.25) is 0 Å². The molecule has 23 heavy (non-hydrogen) atoms. The predicted octanol–water partition coefficient (Wildman–Crippen LogP) is -0.575. The van der Waals surface area contributed by atoms with Crippen molar-refractivity contribution in [3.8, 4) is 5.75 Å². The van der Waals surface area contributed by atoms with Crippen LogP contribution in [0.1, 0.15) is 10.5 Å². The van der Waals surface area contributed by atoms with E-state index in [2.05, 4.69) is 4.18 Å². The summed E-state index contributed by atoms with van der Waals surface area (Å²) in [6, 6.07) is 4.43. The molecule has 0 saturated heterocycles. The smallest absolute Gasteiger partial charge is 0.534 e. The number of carbonyl (C=O) groups excluding carboxylic acids is 2. The monoisotopic (exact) mass is 351 g/mol. The van der Waals surface area contributed by atoms with Crippen molar-refractivity contribution in [1.82, 2.24) is 4.57 Å². The molecule has 1 aromatic carbocycles. The van der Waals surface area contributed by atoms with Crippen LogP contribution >= 0.6 is 0 Å². The Morgan fingerprint density at radius 2 is 1.70 bits per heavy atom. The van der Waals surface area contributed by atoms with Gasteiger partial charge in [-0.2, -0.15) is 21.6 Å². The van der Waals surface area contributed by atoms with Crippen LogP contribution in [0, 0.1) is 0 Å². The number of rotatable bonds is 3. The zero-order valence-corrected chi connectivity index (χ0v) is 11.5. The van der Waals surface area contributed by atoms with Crippen molar-refractivity contribution < 1.29 is 45.6 Å². The maximum absolute atomic E-state index is 12.4. The first-order chi connectivity index (χ1) is 10.5. The quantitative estimate of drug-likeness (QED) is 0.534. The summed E-state index contributed by atoms with van der Waals surface area (Å²) < 4.78 is 63.2. The SMILES string of the molecule is O=C([O-])c1c(OS(=O)(=O)C(F)(F)F)c2ccccc2n1C(=O)[O-]. The molecule has 0 aliphatic rings. The van der Waals surface area contributed by atoms with E-state index in [-0.39, 0.29) is 4.57 Å². The van der Waals surface area contributed by atoms with Crippen LogP contribution in [0.4, 0.5) is 18.0 Å². The molecule has 0 N–H and O–H groups in total. The Balaban J connectivity index is 2.86. The Morgan fingerprint density at radius 1 is 1.13 bits per heavy atom. The van der Waals surface area contributed by atoms with E-state index < -0.39 is 50.0 Å². The minimum Gasteiger partial charge on any atom is -0.543 e. The largest absolute Gasteiger partial charge is 0.543 e. The van der Waals surface area contributed by atoms with E-state index in [1.54, 1.807) is 0 Å². The number of carboxylic acid groups (broad SMARTS) is 2. The number of para-hydroxylation sites is 1. The van der Waals surface area contributed by atoms with Gasteiger partial charge in [0.15, 0.2) is 5.75 Å². The average molecular weight is 351 g/mol. The topological polar surface area (TPSA) is 129 Å². The minimum absolute atomic E-state index is 0.0497. The van der Waals surface area contributed by atoms with E-state index in [9.17, 15) is 41.4 Å². The van der Waals surface area contributed by atoms with Crippen molar-refractivity contribution in [2.24, 2.45) is 0 Å². The number of fused-ring (bicyclic) bond motifs is 1. The predicted molar refractivity (Wildman–Crippen MR) is 62.7 cm³/mol. The summed E-state index contributed by atoms with van der Waals surface area (Å²) in [5, 5.41) is 21.6. The second kappa shape index (κ2) is 5.15. The fourth-order valence-electron chi connectivity index (χ4n) is 1.83. The third-order valence-corrected chi connectivity index (χ3v) is 3.63. The van der Waals surface area contributed by atoms with Crippen molar-refractivity contribution in [1.29, 1.82) is 0 Å². The van der Waals surface area contributed by atoms with Gasteiger partial charge in [0.25, 0.3) is 0 Å². The zero-order valence-electron chi connectivity index (χ0n) is 10.7. The summed E-state index contributed by atoms with van der Waals surface area (Å²) in [6.45, 7) is 0. The van der Waals surface area contributed by atoms with E-state index in [1.165, 1.54) is 12.1 Å². The number of carbonyl (C=O) groups is 2. The van der Waals surface area contributed by atoms with Gasteiger partial charge < -0.3 is 24.0 Å². The summed E-state index contributed by atoms with van der Waals surface area (Å²) in [4.78, 5) is 22.1. The third kappa shape index (κ3) is 2.67. The van der Waals surface area contributed by atoms with Crippen LogP contribution in [0.3, 0.4) is 0 Å². The fourth-order valence-corrected chi connectivity index (χ4v) is 2.31.